The molecule has 0 fully saturated rings. The van der Waals surface area contributed by atoms with Gasteiger partial charge in [0.15, 0.2) is 0 Å². The molecule has 0 aliphatic rings. The fourth-order valence-corrected chi connectivity index (χ4v) is 4.17. The SMILES string of the molecule is CS(=O)(=O)Nc1cccc(Cc2ccccc2)c1CNCc1ccc(Cl)cc1Cl. The molecule has 29 heavy (non-hydrogen) atoms. The van der Waals surface area contributed by atoms with E-state index in [4.69, 9.17) is 23.2 Å². The molecule has 0 heterocycles. The Hall–Kier alpha value is -2.05. The van der Waals surface area contributed by atoms with Gasteiger partial charge in [-0.15, -0.1) is 0 Å². The van der Waals surface area contributed by atoms with Crippen LogP contribution < -0.4 is 10.0 Å². The average Bonchev–Trinajstić information content (AvgIpc) is 2.65. The summed E-state index contributed by atoms with van der Waals surface area (Å²) in [6.45, 7) is 1.02. The van der Waals surface area contributed by atoms with Gasteiger partial charge in [-0.1, -0.05) is 71.7 Å². The van der Waals surface area contributed by atoms with Crippen LogP contribution in [0.5, 0.6) is 0 Å². The first-order chi connectivity index (χ1) is 13.8. The third-order valence-electron chi connectivity index (χ3n) is 4.44. The van der Waals surface area contributed by atoms with Crippen molar-refractivity contribution >= 4 is 38.9 Å². The molecule has 0 saturated carbocycles. The van der Waals surface area contributed by atoms with Crippen molar-refractivity contribution in [3.8, 4) is 0 Å². The average molecular weight is 449 g/mol. The van der Waals surface area contributed by atoms with Gasteiger partial charge in [0, 0.05) is 23.1 Å². The number of rotatable bonds is 8. The molecule has 4 nitrogen and oxygen atoms in total. The van der Waals surface area contributed by atoms with Crippen LogP contribution in [0.1, 0.15) is 22.3 Å². The number of halogens is 2. The van der Waals surface area contributed by atoms with Crippen LogP contribution in [0.25, 0.3) is 0 Å². The van der Waals surface area contributed by atoms with E-state index in [0.717, 1.165) is 28.5 Å². The van der Waals surface area contributed by atoms with Gasteiger partial charge in [0.2, 0.25) is 10.0 Å². The lowest BCUT2D eigenvalue weighted by molar-refractivity contribution is 0.606. The Morgan fingerprint density at radius 3 is 2.31 bits per heavy atom. The molecule has 0 spiro atoms. The molecule has 0 aliphatic heterocycles. The minimum Gasteiger partial charge on any atom is -0.308 e. The largest absolute Gasteiger partial charge is 0.308 e. The molecule has 3 rings (SSSR count). The lowest BCUT2D eigenvalue weighted by atomic mass is 9.98. The highest BCUT2D eigenvalue weighted by atomic mass is 35.5. The minimum absolute atomic E-state index is 0.486. The fourth-order valence-electron chi connectivity index (χ4n) is 3.11. The van der Waals surface area contributed by atoms with Crippen LogP contribution in [-0.4, -0.2) is 14.7 Å². The maximum Gasteiger partial charge on any atom is 0.229 e. The number of benzene rings is 3. The second kappa shape index (κ2) is 9.63. The highest BCUT2D eigenvalue weighted by molar-refractivity contribution is 7.92. The zero-order chi connectivity index (χ0) is 20.9. The zero-order valence-corrected chi connectivity index (χ0v) is 18.3. The van der Waals surface area contributed by atoms with Crippen LogP contribution in [0.2, 0.25) is 10.0 Å². The summed E-state index contributed by atoms with van der Waals surface area (Å²) >= 11 is 12.2. The molecule has 0 saturated heterocycles. The first-order valence-electron chi connectivity index (χ1n) is 9.09. The first-order valence-corrected chi connectivity index (χ1v) is 11.7. The molecule has 0 radical (unpaired) electrons. The van der Waals surface area contributed by atoms with Crippen molar-refractivity contribution in [3.63, 3.8) is 0 Å². The summed E-state index contributed by atoms with van der Waals surface area (Å²) in [5.41, 5.74) is 4.63. The second-order valence-corrected chi connectivity index (χ2v) is 9.41. The quantitative estimate of drug-likeness (QED) is 0.494. The monoisotopic (exact) mass is 448 g/mol. The standard InChI is InChI=1S/C22H22Cl2N2O2S/c1-29(27,28)26-22-9-5-8-17(12-16-6-3-2-4-7-16)20(22)15-25-14-18-10-11-19(23)13-21(18)24/h2-11,13,25-26H,12,14-15H2,1H3. The number of anilines is 1. The van der Waals surface area contributed by atoms with Crippen LogP contribution >= 0.6 is 23.2 Å². The van der Waals surface area contributed by atoms with Crippen molar-refractivity contribution in [3.05, 3.63) is 99.0 Å². The van der Waals surface area contributed by atoms with E-state index in [2.05, 4.69) is 22.2 Å². The molecular formula is C22H22Cl2N2O2S. The van der Waals surface area contributed by atoms with Crippen LogP contribution in [0.4, 0.5) is 5.69 Å². The minimum atomic E-state index is -3.39. The maximum absolute atomic E-state index is 11.8. The molecule has 152 valence electrons. The van der Waals surface area contributed by atoms with Crippen molar-refractivity contribution in [2.24, 2.45) is 0 Å². The Morgan fingerprint density at radius 1 is 0.862 bits per heavy atom. The van der Waals surface area contributed by atoms with Gasteiger partial charge in [0.25, 0.3) is 0 Å². The van der Waals surface area contributed by atoms with E-state index < -0.39 is 10.0 Å². The first kappa shape index (κ1) is 21.7. The molecule has 0 atom stereocenters. The molecule has 7 heteroatoms. The molecule has 0 amide bonds. The highest BCUT2D eigenvalue weighted by Crippen LogP contribution is 2.25. The van der Waals surface area contributed by atoms with E-state index in [-0.39, 0.29) is 0 Å². The third kappa shape index (κ3) is 6.47. The van der Waals surface area contributed by atoms with Gasteiger partial charge in [-0.3, -0.25) is 4.72 Å². The summed E-state index contributed by atoms with van der Waals surface area (Å²) in [5.74, 6) is 0. The predicted molar refractivity (Wildman–Crippen MR) is 121 cm³/mol. The van der Waals surface area contributed by atoms with Crippen molar-refractivity contribution in [2.75, 3.05) is 11.0 Å². The van der Waals surface area contributed by atoms with Crippen molar-refractivity contribution in [1.82, 2.24) is 5.32 Å². The van der Waals surface area contributed by atoms with Gasteiger partial charge in [0.1, 0.15) is 0 Å². The van der Waals surface area contributed by atoms with E-state index in [1.54, 1.807) is 18.2 Å². The van der Waals surface area contributed by atoms with Crippen LogP contribution in [0, 0.1) is 0 Å². The number of hydrogen-bond acceptors (Lipinski definition) is 3. The number of hydrogen-bond donors (Lipinski definition) is 2. The Morgan fingerprint density at radius 2 is 1.62 bits per heavy atom. The van der Waals surface area contributed by atoms with E-state index in [9.17, 15) is 8.42 Å². The summed E-state index contributed by atoms with van der Waals surface area (Å²) in [7, 11) is -3.39. The number of sulfonamides is 1. The van der Waals surface area contributed by atoms with E-state index in [1.165, 1.54) is 0 Å². The topological polar surface area (TPSA) is 58.2 Å². The van der Waals surface area contributed by atoms with Crippen molar-refractivity contribution < 1.29 is 8.42 Å². The Labute approximate surface area is 181 Å². The molecule has 2 N–H and O–H groups in total. The van der Waals surface area contributed by atoms with Crippen LogP contribution in [0.3, 0.4) is 0 Å². The summed E-state index contributed by atoms with van der Waals surface area (Å²) in [4.78, 5) is 0. The van der Waals surface area contributed by atoms with Gasteiger partial charge < -0.3 is 5.32 Å². The fraction of sp³-hybridized carbons (Fsp3) is 0.182. The van der Waals surface area contributed by atoms with Gasteiger partial charge in [-0.25, -0.2) is 8.42 Å². The predicted octanol–water partition coefficient (Wildman–Crippen LogP) is 5.25. The van der Waals surface area contributed by atoms with Gasteiger partial charge in [0.05, 0.1) is 11.9 Å². The van der Waals surface area contributed by atoms with Crippen LogP contribution in [0.15, 0.2) is 66.7 Å². The second-order valence-electron chi connectivity index (χ2n) is 6.82. The van der Waals surface area contributed by atoms with Crippen molar-refractivity contribution in [2.45, 2.75) is 19.5 Å². The Bertz CT molecular complexity index is 1090. The molecule has 0 bridgehead atoms. The van der Waals surface area contributed by atoms with Crippen LogP contribution in [-0.2, 0) is 29.5 Å². The molecule has 3 aromatic rings. The number of nitrogens with one attached hydrogen (secondary N) is 2. The van der Waals surface area contributed by atoms with Crippen molar-refractivity contribution in [1.29, 1.82) is 0 Å². The lowest BCUT2D eigenvalue weighted by Gasteiger charge is -2.17. The molecule has 0 aliphatic carbocycles. The maximum atomic E-state index is 11.8. The lowest BCUT2D eigenvalue weighted by Crippen LogP contribution is -2.18. The van der Waals surface area contributed by atoms with Gasteiger partial charge in [-0.2, -0.15) is 0 Å². The van der Waals surface area contributed by atoms with Gasteiger partial charge in [-0.05, 0) is 46.9 Å². The molecular weight excluding hydrogens is 427 g/mol. The molecule has 0 unspecified atom stereocenters. The summed E-state index contributed by atoms with van der Waals surface area (Å²) < 4.78 is 26.3. The normalized spacial score (nSPS) is 11.4. The zero-order valence-electron chi connectivity index (χ0n) is 16.0. The van der Waals surface area contributed by atoms with E-state index in [1.807, 2.05) is 36.4 Å². The summed E-state index contributed by atoms with van der Waals surface area (Å²) in [6, 6.07) is 21.1. The molecule has 3 aromatic carbocycles. The molecule has 0 aromatic heterocycles. The van der Waals surface area contributed by atoms with Gasteiger partial charge >= 0.3 is 0 Å². The Kier molecular flexibility index (Phi) is 7.19. The summed E-state index contributed by atoms with van der Waals surface area (Å²) in [5, 5.41) is 4.55. The van der Waals surface area contributed by atoms with E-state index in [0.29, 0.717) is 35.2 Å². The summed E-state index contributed by atoms with van der Waals surface area (Å²) in [6.07, 6.45) is 1.86. The van der Waals surface area contributed by atoms with E-state index >= 15 is 0 Å². The smallest absolute Gasteiger partial charge is 0.229 e. The Balaban J connectivity index is 1.84. The third-order valence-corrected chi connectivity index (χ3v) is 5.62. The highest BCUT2D eigenvalue weighted by Gasteiger charge is 2.12.